The van der Waals surface area contributed by atoms with E-state index in [0.29, 0.717) is 26.1 Å². The van der Waals surface area contributed by atoms with Gasteiger partial charge in [0, 0.05) is 25.3 Å². The number of carbonyl (C=O) groups is 2. The quantitative estimate of drug-likeness (QED) is 0.628. The minimum Gasteiger partial charge on any atom is -0.354 e. The number of hydrogen-bond donors (Lipinski definition) is 2. The molecule has 1 saturated heterocycles. The van der Waals surface area contributed by atoms with Crippen molar-refractivity contribution in [2.75, 3.05) is 31.6 Å². The maximum absolute atomic E-state index is 12.5. The summed E-state index contributed by atoms with van der Waals surface area (Å²) in [5, 5.41) is 5.76. The summed E-state index contributed by atoms with van der Waals surface area (Å²) in [7, 11) is 1.83. The molecule has 1 aliphatic rings. The third-order valence-corrected chi connectivity index (χ3v) is 3.71. The topological polar surface area (TPSA) is 61.4 Å². The van der Waals surface area contributed by atoms with Crippen molar-refractivity contribution in [1.82, 2.24) is 10.6 Å². The molecule has 1 atom stereocenters. The SMILES string of the molecule is CNCCNC(=O)C1CCN(c2cc(C)cc(C)c2)C1=O. The number of nitrogens with one attached hydrogen (secondary N) is 2. The number of nitrogens with zero attached hydrogens (tertiary/aromatic N) is 1. The minimum atomic E-state index is -0.553. The Hall–Kier alpha value is -1.88. The summed E-state index contributed by atoms with van der Waals surface area (Å²) in [6.07, 6.45) is 0.581. The van der Waals surface area contributed by atoms with E-state index >= 15 is 0 Å². The van der Waals surface area contributed by atoms with Crippen LogP contribution in [0.25, 0.3) is 0 Å². The Morgan fingerprint density at radius 1 is 1.24 bits per heavy atom. The summed E-state index contributed by atoms with van der Waals surface area (Å²) in [4.78, 5) is 26.2. The van der Waals surface area contributed by atoms with Gasteiger partial charge in [-0.05, 0) is 50.6 Å². The molecule has 0 spiro atoms. The maximum atomic E-state index is 12.5. The highest BCUT2D eigenvalue weighted by Crippen LogP contribution is 2.27. The fraction of sp³-hybridized carbons (Fsp3) is 0.500. The predicted octanol–water partition coefficient (Wildman–Crippen LogP) is 0.992. The number of amides is 2. The molecule has 114 valence electrons. The average Bonchev–Trinajstić information content (AvgIpc) is 2.79. The van der Waals surface area contributed by atoms with Crippen LogP contribution in [0.2, 0.25) is 0 Å². The van der Waals surface area contributed by atoms with E-state index in [0.717, 1.165) is 16.8 Å². The second-order valence-electron chi connectivity index (χ2n) is 5.57. The van der Waals surface area contributed by atoms with Gasteiger partial charge in [0.05, 0.1) is 0 Å². The van der Waals surface area contributed by atoms with Crippen LogP contribution in [0.1, 0.15) is 17.5 Å². The smallest absolute Gasteiger partial charge is 0.239 e. The molecule has 21 heavy (non-hydrogen) atoms. The first kappa shape index (κ1) is 15.5. The number of carbonyl (C=O) groups excluding carboxylic acids is 2. The first-order valence-electron chi connectivity index (χ1n) is 7.35. The Morgan fingerprint density at radius 3 is 2.52 bits per heavy atom. The van der Waals surface area contributed by atoms with Crippen molar-refractivity contribution in [3.8, 4) is 0 Å². The summed E-state index contributed by atoms with van der Waals surface area (Å²) in [5.74, 6) is -0.813. The third kappa shape index (κ3) is 3.61. The number of likely N-dealkylation sites (N-methyl/N-ethyl adjacent to an activating group) is 1. The van der Waals surface area contributed by atoms with Gasteiger partial charge in [0.25, 0.3) is 0 Å². The molecule has 5 nitrogen and oxygen atoms in total. The van der Waals surface area contributed by atoms with E-state index in [1.807, 2.05) is 33.0 Å². The summed E-state index contributed by atoms with van der Waals surface area (Å²) < 4.78 is 0. The Morgan fingerprint density at radius 2 is 1.90 bits per heavy atom. The molecule has 2 N–H and O–H groups in total. The van der Waals surface area contributed by atoms with E-state index in [-0.39, 0.29) is 11.8 Å². The summed E-state index contributed by atoms with van der Waals surface area (Å²) >= 11 is 0. The van der Waals surface area contributed by atoms with E-state index < -0.39 is 5.92 Å². The highest BCUT2D eigenvalue weighted by Gasteiger charge is 2.37. The van der Waals surface area contributed by atoms with Crippen LogP contribution < -0.4 is 15.5 Å². The van der Waals surface area contributed by atoms with Gasteiger partial charge in [-0.1, -0.05) is 6.07 Å². The second kappa shape index (κ2) is 6.72. The molecule has 0 aliphatic carbocycles. The van der Waals surface area contributed by atoms with Gasteiger partial charge < -0.3 is 15.5 Å². The van der Waals surface area contributed by atoms with Crippen molar-refractivity contribution < 1.29 is 9.59 Å². The van der Waals surface area contributed by atoms with Gasteiger partial charge in [-0.3, -0.25) is 9.59 Å². The molecule has 1 aliphatic heterocycles. The van der Waals surface area contributed by atoms with E-state index in [1.165, 1.54) is 0 Å². The van der Waals surface area contributed by atoms with Crippen molar-refractivity contribution >= 4 is 17.5 Å². The first-order chi connectivity index (χ1) is 10.0. The Balaban J connectivity index is 2.05. The number of anilines is 1. The Kier molecular flexibility index (Phi) is 4.96. The van der Waals surface area contributed by atoms with Gasteiger partial charge >= 0.3 is 0 Å². The number of aryl methyl sites for hydroxylation is 2. The zero-order chi connectivity index (χ0) is 15.4. The van der Waals surface area contributed by atoms with Crippen molar-refractivity contribution in [2.45, 2.75) is 20.3 Å². The van der Waals surface area contributed by atoms with Crippen LogP contribution in [0, 0.1) is 19.8 Å². The fourth-order valence-corrected chi connectivity index (χ4v) is 2.72. The molecule has 1 unspecified atom stereocenters. The number of benzene rings is 1. The summed E-state index contributed by atoms with van der Waals surface area (Å²) in [6, 6.07) is 6.06. The van der Waals surface area contributed by atoms with E-state index in [2.05, 4.69) is 16.7 Å². The Labute approximate surface area is 125 Å². The van der Waals surface area contributed by atoms with E-state index in [9.17, 15) is 9.59 Å². The van der Waals surface area contributed by atoms with Crippen molar-refractivity contribution in [2.24, 2.45) is 5.92 Å². The zero-order valence-corrected chi connectivity index (χ0v) is 12.9. The molecule has 2 amide bonds. The maximum Gasteiger partial charge on any atom is 0.239 e. The monoisotopic (exact) mass is 289 g/mol. The lowest BCUT2D eigenvalue weighted by Crippen LogP contribution is -2.39. The summed E-state index contributed by atoms with van der Waals surface area (Å²) in [6.45, 7) is 5.87. The third-order valence-electron chi connectivity index (χ3n) is 3.71. The van der Waals surface area contributed by atoms with Crippen LogP contribution in [-0.2, 0) is 9.59 Å². The van der Waals surface area contributed by atoms with Gasteiger partial charge in [-0.15, -0.1) is 0 Å². The molecule has 0 aromatic heterocycles. The lowest BCUT2D eigenvalue weighted by atomic mass is 10.1. The van der Waals surface area contributed by atoms with Crippen LogP contribution >= 0.6 is 0 Å². The average molecular weight is 289 g/mol. The number of rotatable bonds is 5. The standard InChI is InChI=1S/C16H23N3O2/c1-11-8-12(2)10-13(9-11)19-7-4-14(16(19)21)15(20)18-6-5-17-3/h8-10,14,17H,4-7H2,1-3H3,(H,18,20). The zero-order valence-electron chi connectivity index (χ0n) is 12.9. The van der Waals surface area contributed by atoms with Gasteiger partial charge in [0.1, 0.15) is 5.92 Å². The molecule has 1 aromatic rings. The van der Waals surface area contributed by atoms with Crippen molar-refractivity contribution in [1.29, 1.82) is 0 Å². The van der Waals surface area contributed by atoms with Crippen LogP contribution in [0.5, 0.6) is 0 Å². The van der Waals surface area contributed by atoms with Crippen LogP contribution in [0.3, 0.4) is 0 Å². The van der Waals surface area contributed by atoms with Gasteiger partial charge in [-0.2, -0.15) is 0 Å². The van der Waals surface area contributed by atoms with Gasteiger partial charge in [0.15, 0.2) is 0 Å². The molecule has 0 bridgehead atoms. The molecule has 1 aromatic carbocycles. The lowest BCUT2D eigenvalue weighted by molar-refractivity contribution is -0.132. The first-order valence-corrected chi connectivity index (χ1v) is 7.35. The molecule has 5 heteroatoms. The molecule has 0 radical (unpaired) electrons. The van der Waals surface area contributed by atoms with Crippen LogP contribution in [0.15, 0.2) is 18.2 Å². The predicted molar refractivity (Wildman–Crippen MR) is 83.3 cm³/mol. The molecular formula is C16H23N3O2. The summed E-state index contributed by atoms with van der Waals surface area (Å²) in [5.41, 5.74) is 3.14. The Bertz CT molecular complexity index is 522. The van der Waals surface area contributed by atoms with Gasteiger partial charge in [0.2, 0.25) is 11.8 Å². The van der Waals surface area contributed by atoms with Crippen LogP contribution in [-0.4, -0.2) is 38.5 Å². The molecular weight excluding hydrogens is 266 g/mol. The largest absolute Gasteiger partial charge is 0.354 e. The van der Waals surface area contributed by atoms with E-state index in [1.54, 1.807) is 4.90 Å². The van der Waals surface area contributed by atoms with Gasteiger partial charge in [-0.25, -0.2) is 0 Å². The number of hydrogen-bond acceptors (Lipinski definition) is 3. The van der Waals surface area contributed by atoms with Crippen molar-refractivity contribution in [3.63, 3.8) is 0 Å². The minimum absolute atomic E-state index is 0.0954. The molecule has 2 rings (SSSR count). The highest BCUT2D eigenvalue weighted by molar-refractivity contribution is 6.09. The van der Waals surface area contributed by atoms with E-state index in [4.69, 9.17) is 0 Å². The molecule has 0 saturated carbocycles. The molecule has 1 fully saturated rings. The molecule has 1 heterocycles. The second-order valence-corrected chi connectivity index (χ2v) is 5.57. The fourth-order valence-electron chi connectivity index (χ4n) is 2.72. The highest BCUT2D eigenvalue weighted by atomic mass is 16.2. The van der Waals surface area contributed by atoms with Crippen molar-refractivity contribution in [3.05, 3.63) is 29.3 Å². The normalized spacial score (nSPS) is 18.1. The lowest BCUT2D eigenvalue weighted by Gasteiger charge is -2.18. The van der Waals surface area contributed by atoms with Crippen LogP contribution in [0.4, 0.5) is 5.69 Å².